The summed E-state index contributed by atoms with van der Waals surface area (Å²) in [5.74, 6) is -0.888. The van der Waals surface area contributed by atoms with E-state index in [2.05, 4.69) is 10.0 Å². The molecule has 2 amide bonds. The fraction of sp³-hybridized carbons (Fsp3) is 0.462. The second kappa shape index (κ2) is 12.9. The van der Waals surface area contributed by atoms with Crippen molar-refractivity contribution >= 4 is 21.8 Å². The van der Waals surface area contributed by atoms with Crippen LogP contribution < -0.4 is 10.0 Å². The monoisotopic (exact) mass is 519 g/mol. The van der Waals surface area contributed by atoms with E-state index < -0.39 is 16.1 Å². The van der Waals surface area contributed by atoms with Crippen molar-refractivity contribution < 1.29 is 27.1 Å². The molecule has 1 saturated heterocycles. The minimum Gasteiger partial charge on any atom is -0.376 e. The molecule has 0 aromatic heterocycles. The normalized spacial score (nSPS) is 16.5. The second-order valence-corrected chi connectivity index (χ2v) is 10.6. The van der Waals surface area contributed by atoms with E-state index in [-0.39, 0.29) is 41.6 Å². The van der Waals surface area contributed by atoms with E-state index in [0.29, 0.717) is 31.7 Å². The van der Waals surface area contributed by atoms with Gasteiger partial charge in [-0.15, -0.1) is 0 Å². The summed E-state index contributed by atoms with van der Waals surface area (Å²) in [5, 5.41) is 2.88. The molecule has 3 rings (SSSR count). The predicted molar refractivity (Wildman–Crippen MR) is 134 cm³/mol. The molecule has 1 aliphatic rings. The van der Waals surface area contributed by atoms with Crippen LogP contribution >= 0.6 is 0 Å². The van der Waals surface area contributed by atoms with Gasteiger partial charge in [-0.1, -0.05) is 31.2 Å². The highest BCUT2D eigenvalue weighted by Crippen LogP contribution is 2.16. The summed E-state index contributed by atoms with van der Waals surface area (Å²) < 4.78 is 45.6. The van der Waals surface area contributed by atoms with Crippen molar-refractivity contribution in [2.75, 3.05) is 19.7 Å². The van der Waals surface area contributed by atoms with Crippen molar-refractivity contribution in [1.29, 1.82) is 0 Å². The third-order valence-corrected chi connectivity index (χ3v) is 7.72. The van der Waals surface area contributed by atoms with Crippen LogP contribution in [0.5, 0.6) is 0 Å². The lowest BCUT2D eigenvalue weighted by Gasteiger charge is -2.29. The maximum atomic E-state index is 13.4. The van der Waals surface area contributed by atoms with Gasteiger partial charge in [0.15, 0.2) is 0 Å². The molecule has 36 heavy (non-hydrogen) atoms. The molecule has 0 aliphatic carbocycles. The molecule has 0 radical (unpaired) electrons. The van der Waals surface area contributed by atoms with Gasteiger partial charge in [-0.2, -0.15) is 0 Å². The Hall–Kier alpha value is -2.82. The van der Waals surface area contributed by atoms with Gasteiger partial charge in [0.2, 0.25) is 21.8 Å². The average Bonchev–Trinajstić information content (AvgIpc) is 3.39. The van der Waals surface area contributed by atoms with Crippen molar-refractivity contribution in [1.82, 2.24) is 14.9 Å². The maximum absolute atomic E-state index is 13.4. The molecule has 10 heteroatoms. The summed E-state index contributed by atoms with van der Waals surface area (Å²) in [6.07, 6.45) is 2.35. The Balaban J connectivity index is 1.66. The number of sulfonamides is 1. The number of hydrogen-bond acceptors (Lipinski definition) is 5. The van der Waals surface area contributed by atoms with Crippen LogP contribution in [0.15, 0.2) is 53.4 Å². The lowest BCUT2D eigenvalue weighted by atomic mass is 10.1. The van der Waals surface area contributed by atoms with Crippen molar-refractivity contribution in [2.45, 2.75) is 63.1 Å². The van der Waals surface area contributed by atoms with Crippen LogP contribution in [0, 0.1) is 5.82 Å². The predicted octanol–water partition coefficient (Wildman–Crippen LogP) is 2.77. The molecular weight excluding hydrogens is 485 g/mol. The Morgan fingerprint density at radius 3 is 2.39 bits per heavy atom. The Kier molecular flexibility index (Phi) is 9.98. The first-order chi connectivity index (χ1) is 17.2. The smallest absolute Gasteiger partial charge is 0.242 e. The number of nitrogens with one attached hydrogen (secondary N) is 2. The molecule has 2 aromatic carbocycles. The molecule has 8 nitrogen and oxygen atoms in total. The summed E-state index contributed by atoms with van der Waals surface area (Å²) in [7, 11) is -3.55. The standard InChI is InChI=1S/C26H34FN3O5S/c1-3-29-36(33,34)24-13-8-20(9-14-24)10-15-25(31)30(18-21-6-11-22(27)12-7-21)19(2)26(32)28-17-23-5-4-16-35-23/h6-9,11-14,19,23,29H,3-5,10,15-18H2,1-2H3,(H,28,32)/t19-,23-/m0/s1. The molecule has 2 aromatic rings. The van der Waals surface area contributed by atoms with Crippen LogP contribution in [-0.2, 0) is 37.3 Å². The lowest BCUT2D eigenvalue weighted by Crippen LogP contribution is -2.49. The van der Waals surface area contributed by atoms with E-state index in [9.17, 15) is 22.4 Å². The van der Waals surface area contributed by atoms with Crippen molar-refractivity contribution in [3.63, 3.8) is 0 Å². The highest BCUT2D eigenvalue weighted by Gasteiger charge is 2.27. The molecule has 196 valence electrons. The van der Waals surface area contributed by atoms with E-state index in [1.54, 1.807) is 38.1 Å². The summed E-state index contributed by atoms with van der Waals surface area (Å²) in [6.45, 7) is 4.91. The zero-order valence-electron chi connectivity index (χ0n) is 20.7. The van der Waals surface area contributed by atoms with E-state index in [1.165, 1.54) is 29.2 Å². The van der Waals surface area contributed by atoms with Gasteiger partial charge in [-0.25, -0.2) is 17.5 Å². The molecule has 1 fully saturated rings. The van der Waals surface area contributed by atoms with Crippen LogP contribution in [0.3, 0.4) is 0 Å². The molecule has 1 aliphatic heterocycles. The van der Waals surface area contributed by atoms with Gasteiger partial charge in [0, 0.05) is 32.7 Å². The Morgan fingerprint density at radius 1 is 1.11 bits per heavy atom. The fourth-order valence-electron chi connectivity index (χ4n) is 4.04. The molecule has 0 spiro atoms. The van der Waals surface area contributed by atoms with E-state index in [1.807, 2.05) is 0 Å². The van der Waals surface area contributed by atoms with Crippen molar-refractivity contribution in [3.8, 4) is 0 Å². The molecule has 2 N–H and O–H groups in total. The topological polar surface area (TPSA) is 105 Å². The minimum absolute atomic E-state index is 0.0123. The largest absolute Gasteiger partial charge is 0.376 e. The first-order valence-corrected chi connectivity index (χ1v) is 13.7. The fourth-order valence-corrected chi connectivity index (χ4v) is 5.08. The number of rotatable bonds is 12. The van der Waals surface area contributed by atoms with Crippen molar-refractivity contribution in [2.24, 2.45) is 0 Å². The van der Waals surface area contributed by atoms with Crippen LogP contribution in [0.1, 0.15) is 44.2 Å². The highest BCUT2D eigenvalue weighted by molar-refractivity contribution is 7.89. The summed E-state index contributed by atoms with van der Waals surface area (Å²) in [4.78, 5) is 27.8. The number of aryl methyl sites for hydroxylation is 1. The van der Waals surface area contributed by atoms with Gasteiger partial charge < -0.3 is 15.0 Å². The second-order valence-electron chi connectivity index (χ2n) is 8.85. The minimum atomic E-state index is -3.55. The lowest BCUT2D eigenvalue weighted by molar-refractivity contribution is -0.140. The molecule has 2 atom stereocenters. The summed E-state index contributed by atoms with van der Waals surface area (Å²) >= 11 is 0. The highest BCUT2D eigenvalue weighted by atomic mass is 32.2. The van der Waals surface area contributed by atoms with Gasteiger partial charge in [0.25, 0.3) is 0 Å². The number of amides is 2. The first-order valence-electron chi connectivity index (χ1n) is 12.2. The number of carbonyl (C=O) groups excluding carboxylic acids is 2. The van der Waals surface area contributed by atoms with Gasteiger partial charge in [-0.3, -0.25) is 9.59 Å². The quantitative estimate of drug-likeness (QED) is 0.449. The molecule has 0 saturated carbocycles. The van der Waals surface area contributed by atoms with Gasteiger partial charge in [0.05, 0.1) is 11.0 Å². The maximum Gasteiger partial charge on any atom is 0.242 e. The first kappa shape index (κ1) is 27.8. The molecular formula is C26H34FN3O5S. The Morgan fingerprint density at radius 2 is 1.78 bits per heavy atom. The number of hydrogen-bond donors (Lipinski definition) is 2. The Labute approximate surface area is 212 Å². The van der Waals surface area contributed by atoms with Crippen molar-refractivity contribution in [3.05, 3.63) is 65.5 Å². The Bertz CT molecular complexity index is 1120. The third-order valence-electron chi connectivity index (χ3n) is 6.16. The zero-order valence-corrected chi connectivity index (χ0v) is 21.5. The molecule has 1 heterocycles. The van der Waals surface area contributed by atoms with Crippen LogP contribution in [0.2, 0.25) is 0 Å². The van der Waals surface area contributed by atoms with Crippen LogP contribution in [0.4, 0.5) is 4.39 Å². The van der Waals surface area contributed by atoms with Gasteiger partial charge in [0.1, 0.15) is 11.9 Å². The zero-order chi connectivity index (χ0) is 26.1. The number of ether oxygens (including phenoxy) is 1. The van der Waals surface area contributed by atoms with E-state index >= 15 is 0 Å². The van der Waals surface area contributed by atoms with E-state index in [4.69, 9.17) is 4.74 Å². The average molecular weight is 520 g/mol. The number of halogens is 1. The number of nitrogens with zero attached hydrogens (tertiary/aromatic N) is 1. The van der Waals surface area contributed by atoms with Crippen LogP contribution in [0.25, 0.3) is 0 Å². The SMILES string of the molecule is CCNS(=O)(=O)c1ccc(CCC(=O)N(Cc2ccc(F)cc2)[C@@H](C)C(=O)NC[C@@H]2CCCO2)cc1. The number of benzene rings is 2. The third kappa shape index (κ3) is 7.84. The number of carbonyl (C=O) groups is 2. The van der Waals surface area contributed by atoms with Crippen LogP contribution in [-0.4, -0.2) is 57.0 Å². The van der Waals surface area contributed by atoms with E-state index in [0.717, 1.165) is 18.4 Å². The molecule has 0 bridgehead atoms. The summed E-state index contributed by atoms with van der Waals surface area (Å²) in [5.41, 5.74) is 1.51. The molecule has 0 unspecified atom stereocenters. The van der Waals surface area contributed by atoms with Gasteiger partial charge in [-0.05, 0) is 61.6 Å². The summed E-state index contributed by atoms with van der Waals surface area (Å²) in [6, 6.07) is 11.5. The van der Waals surface area contributed by atoms with Gasteiger partial charge >= 0.3 is 0 Å².